The summed E-state index contributed by atoms with van der Waals surface area (Å²) >= 11 is 0. The molecular formula is C18H15F3N4O. The molecule has 0 bridgehead atoms. The molecule has 3 aromatic rings. The van der Waals surface area contributed by atoms with Gasteiger partial charge in [0.05, 0.1) is 5.69 Å². The first-order valence-corrected chi connectivity index (χ1v) is 7.69. The van der Waals surface area contributed by atoms with Gasteiger partial charge in [0.25, 0.3) is 0 Å². The van der Waals surface area contributed by atoms with Crippen molar-refractivity contribution in [1.82, 2.24) is 14.9 Å². The summed E-state index contributed by atoms with van der Waals surface area (Å²) in [4.78, 5) is 16.5. The van der Waals surface area contributed by atoms with Gasteiger partial charge in [-0.05, 0) is 29.8 Å². The van der Waals surface area contributed by atoms with Crippen LogP contribution in [0.25, 0.3) is 0 Å². The molecule has 0 saturated carbocycles. The minimum atomic E-state index is -0.893. The largest absolute Gasteiger partial charge is 0.336 e. The number of aromatic nitrogens is 2. The van der Waals surface area contributed by atoms with Crippen LogP contribution in [0.1, 0.15) is 17.4 Å². The summed E-state index contributed by atoms with van der Waals surface area (Å²) in [7, 11) is 1.75. The van der Waals surface area contributed by atoms with E-state index in [-0.39, 0.29) is 5.69 Å². The van der Waals surface area contributed by atoms with Crippen molar-refractivity contribution in [3.63, 3.8) is 0 Å². The Morgan fingerprint density at radius 1 is 1.08 bits per heavy atom. The average Bonchev–Trinajstić information content (AvgIpc) is 3.02. The molecule has 2 amide bonds. The van der Waals surface area contributed by atoms with Crippen LogP contribution in [0.4, 0.5) is 23.7 Å². The van der Waals surface area contributed by atoms with E-state index in [1.807, 2.05) is 0 Å². The Balaban J connectivity index is 1.84. The number of aryl methyl sites for hydroxylation is 1. The summed E-state index contributed by atoms with van der Waals surface area (Å²) in [5.41, 5.74) is 0.428. The Morgan fingerprint density at radius 2 is 1.77 bits per heavy atom. The predicted octanol–water partition coefficient (Wildman–Crippen LogP) is 3.75. The monoisotopic (exact) mass is 360 g/mol. The van der Waals surface area contributed by atoms with Gasteiger partial charge in [0.2, 0.25) is 0 Å². The van der Waals surface area contributed by atoms with Gasteiger partial charge < -0.3 is 15.2 Å². The summed E-state index contributed by atoms with van der Waals surface area (Å²) in [5, 5.41) is 5.00. The lowest BCUT2D eigenvalue weighted by atomic mass is 10.1. The normalized spacial score (nSPS) is 11.8. The number of hydrogen-bond donors (Lipinski definition) is 2. The van der Waals surface area contributed by atoms with E-state index < -0.39 is 29.5 Å². The molecule has 134 valence electrons. The lowest BCUT2D eigenvalue weighted by Crippen LogP contribution is -2.34. The molecule has 0 unspecified atom stereocenters. The number of carbonyl (C=O) groups excluding carboxylic acids is 1. The molecule has 8 heteroatoms. The van der Waals surface area contributed by atoms with Crippen LogP contribution in [0.3, 0.4) is 0 Å². The Kier molecular flexibility index (Phi) is 4.92. The highest BCUT2D eigenvalue weighted by Gasteiger charge is 2.21. The lowest BCUT2D eigenvalue weighted by molar-refractivity contribution is 0.249. The molecule has 0 fully saturated rings. The first-order chi connectivity index (χ1) is 12.4. The molecule has 0 spiro atoms. The highest BCUT2D eigenvalue weighted by Crippen LogP contribution is 2.21. The van der Waals surface area contributed by atoms with E-state index in [1.165, 1.54) is 24.3 Å². The quantitative estimate of drug-likeness (QED) is 0.745. The standard InChI is InChI=1S/C18H15F3N4O/c1-25-9-8-22-17(25)16(11-2-4-12(19)5-3-11)24-18(26)23-15-7-6-13(20)10-14(15)21/h2-10,16H,1H3,(H2,23,24,26)/t16-/m1/s1. The van der Waals surface area contributed by atoms with Gasteiger partial charge in [-0.1, -0.05) is 12.1 Å². The average molecular weight is 360 g/mol. The van der Waals surface area contributed by atoms with Gasteiger partial charge in [-0.15, -0.1) is 0 Å². The smallest absolute Gasteiger partial charge is 0.320 e. The molecule has 0 saturated heterocycles. The van der Waals surface area contributed by atoms with E-state index in [9.17, 15) is 18.0 Å². The minimum Gasteiger partial charge on any atom is -0.336 e. The topological polar surface area (TPSA) is 59.0 Å². The molecule has 2 aromatic carbocycles. The van der Waals surface area contributed by atoms with E-state index in [0.717, 1.165) is 12.1 Å². The van der Waals surface area contributed by atoms with Crippen molar-refractivity contribution >= 4 is 11.7 Å². The fraction of sp³-hybridized carbons (Fsp3) is 0.111. The molecule has 3 rings (SSSR count). The van der Waals surface area contributed by atoms with Gasteiger partial charge in [-0.3, -0.25) is 0 Å². The van der Waals surface area contributed by atoms with Crippen molar-refractivity contribution in [2.24, 2.45) is 7.05 Å². The second-order valence-electron chi connectivity index (χ2n) is 5.60. The third kappa shape index (κ3) is 3.85. The highest BCUT2D eigenvalue weighted by atomic mass is 19.1. The van der Waals surface area contributed by atoms with Crippen LogP contribution in [0, 0.1) is 17.5 Å². The number of hydrogen-bond acceptors (Lipinski definition) is 2. The van der Waals surface area contributed by atoms with E-state index >= 15 is 0 Å². The molecule has 1 aromatic heterocycles. The van der Waals surface area contributed by atoms with E-state index in [1.54, 1.807) is 24.0 Å². The Bertz CT molecular complexity index is 924. The molecule has 0 aliphatic heterocycles. The van der Waals surface area contributed by atoms with Gasteiger partial charge >= 0.3 is 6.03 Å². The maximum absolute atomic E-state index is 13.7. The number of nitrogens with zero attached hydrogens (tertiary/aromatic N) is 2. The van der Waals surface area contributed by atoms with Crippen molar-refractivity contribution < 1.29 is 18.0 Å². The van der Waals surface area contributed by atoms with Crippen molar-refractivity contribution in [3.8, 4) is 0 Å². The SMILES string of the molecule is Cn1ccnc1[C@H](NC(=O)Nc1ccc(F)cc1F)c1ccc(F)cc1. The molecule has 5 nitrogen and oxygen atoms in total. The predicted molar refractivity (Wildman–Crippen MR) is 90.0 cm³/mol. The van der Waals surface area contributed by atoms with Crippen LogP contribution in [0.5, 0.6) is 0 Å². The molecule has 1 heterocycles. The molecule has 26 heavy (non-hydrogen) atoms. The lowest BCUT2D eigenvalue weighted by Gasteiger charge is -2.19. The van der Waals surface area contributed by atoms with E-state index in [2.05, 4.69) is 15.6 Å². The molecule has 2 N–H and O–H groups in total. The maximum Gasteiger partial charge on any atom is 0.320 e. The molecular weight excluding hydrogens is 345 g/mol. The first-order valence-electron chi connectivity index (χ1n) is 7.69. The molecule has 0 aliphatic rings. The fourth-order valence-corrected chi connectivity index (χ4v) is 2.49. The number of amides is 2. The number of nitrogens with one attached hydrogen (secondary N) is 2. The summed E-state index contributed by atoms with van der Waals surface area (Å²) in [6, 6.07) is 7.00. The first kappa shape index (κ1) is 17.5. The Labute approximate surface area is 147 Å². The van der Waals surface area contributed by atoms with Crippen LogP contribution >= 0.6 is 0 Å². The summed E-state index contributed by atoms with van der Waals surface area (Å²) in [5.74, 6) is -1.54. The maximum atomic E-state index is 13.7. The Morgan fingerprint density at radius 3 is 2.38 bits per heavy atom. The van der Waals surface area contributed by atoms with Gasteiger partial charge in [0, 0.05) is 25.5 Å². The van der Waals surface area contributed by atoms with Crippen LogP contribution in [0.2, 0.25) is 0 Å². The highest BCUT2D eigenvalue weighted by molar-refractivity contribution is 5.89. The van der Waals surface area contributed by atoms with Crippen molar-refractivity contribution in [1.29, 1.82) is 0 Å². The van der Waals surface area contributed by atoms with Gasteiger partial charge in [-0.25, -0.2) is 22.9 Å². The number of benzene rings is 2. The van der Waals surface area contributed by atoms with Crippen LogP contribution in [-0.2, 0) is 7.05 Å². The zero-order chi connectivity index (χ0) is 18.7. The van der Waals surface area contributed by atoms with Crippen molar-refractivity contribution in [3.05, 3.63) is 83.7 Å². The van der Waals surface area contributed by atoms with Crippen LogP contribution < -0.4 is 10.6 Å². The summed E-state index contributed by atoms with van der Waals surface area (Å²) in [6.45, 7) is 0. The molecule has 0 radical (unpaired) electrons. The third-order valence-electron chi connectivity index (χ3n) is 3.77. The number of halogens is 3. The number of carbonyl (C=O) groups is 1. The number of rotatable bonds is 4. The molecule has 1 atom stereocenters. The van der Waals surface area contributed by atoms with Gasteiger partial charge in [0.1, 0.15) is 29.3 Å². The minimum absolute atomic E-state index is 0.165. The fourth-order valence-electron chi connectivity index (χ4n) is 2.49. The number of anilines is 1. The summed E-state index contributed by atoms with van der Waals surface area (Å²) < 4.78 is 41.6. The summed E-state index contributed by atoms with van der Waals surface area (Å²) in [6.07, 6.45) is 3.26. The number of imidazole rings is 1. The second-order valence-corrected chi connectivity index (χ2v) is 5.60. The van der Waals surface area contributed by atoms with Gasteiger partial charge in [0.15, 0.2) is 0 Å². The van der Waals surface area contributed by atoms with E-state index in [0.29, 0.717) is 17.5 Å². The Hall–Kier alpha value is -3.29. The van der Waals surface area contributed by atoms with Crippen molar-refractivity contribution in [2.75, 3.05) is 5.32 Å². The van der Waals surface area contributed by atoms with Crippen LogP contribution in [0.15, 0.2) is 54.9 Å². The van der Waals surface area contributed by atoms with Crippen molar-refractivity contribution in [2.45, 2.75) is 6.04 Å². The second kappa shape index (κ2) is 7.30. The number of urea groups is 1. The molecule has 0 aliphatic carbocycles. The van der Waals surface area contributed by atoms with E-state index in [4.69, 9.17) is 0 Å². The zero-order valence-electron chi connectivity index (χ0n) is 13.7. The van der Waals surface area contributed by atoms with Crippen LogP contribution in [-0.4, -0.2) is 15.6 Å². The van der Waals surface area contributed by atoms with Gasteiger partial charge in [-0.2, -0.15) is 0 Å². The third-order valence-corrected chi connectivity index (χ3v) is 3.77. The zero-order valence-corrected chi connectivity index (χ0v) is 13.7.